The average Bonchev–Trinajstić information content (AvgIpc) is 2.75. The summed E-state index contributed by atoms with van der Waals surface area (Å²) >= 11 is 5.97. The summed E-state index contributed by atoms with van der Waals surface area (Å²) < 4.78 is 28.7. The number of hydrogen-bond donors (Lipinski definition) is 0. The van der Waals surface area contributed by atoms with Gasteiger partial charge in [-0.1, -0.05) is 81.0 Å². The average molecular weight is 427 g/mol. The van der Waals surface area contributed by atoms with Crippen molar-refractivity contribution >= 4 is 22.4 Å². The molecule has 1 aliphatic carbocycles. The molecule has 2 atom stereocenters. The van der Waals surface area contributed by atoms with E-state index in [-0.39, 0.29) is 22.6 Å². The van der Waals surface area contributed by atoms with Crippen molar-refractivity contribution in [2.24, 2.45) is 5.92 Å². The van der Waals surface area contributed by atoms with Crippen LogP contribution < -0.4 is 0 Å². The van der Waals surface area contributed by atoms with Crippen molar-refractivity contribution in [3.8, 4) is 0 Å². The van der Waals surface area contributed by atoms with E-state index in [9.17, 15) is 8.78 Å². The zero-order chi connectivity index (χ0) is 21.1. The molecule has 158 valence electrons. The van der Waals surface area contributed by atoms with Crippen LogP contribution in [0, 0.1) is 17.6 Å². The molecule has 3 aromatic carbocycles. The van der Waals surface area contributed by atoms with Crippen molar-refractivity contribution in [3.63, 3.8) is 0 Å². The lowest BCUT2D eigenvalue weighted by molar-refractivity contribution is 0.366. The highest BCUT2D eigenvalue weighted by Gasteiger charge is 2.32. The highest BCUT2D eigenvalue weighted by atomic mass is 35.5. The first-order valence-electron chi connectivity index (χ1n) is 11.2. The minimum absolute atomic E-state index is 0.124. The predicted octanol–water partition coefficient (Wildman–Crippen LogP) is 8.83. The molecular formula is C27H29ClF2. The summed E-state index contributed by atoms with van der Waals surface area (Å²) in [4.78, 5) is 0. The Morgan fingerprint density at radius 3 is 2.53 bits per heavy atom. The molecule has 0 aromatic heterocycles. The number of benzene rings is 3. The summed E-state index contributed by atoms with van der Waals surface area (Å²) in [7, 11) is 0. The number of fused-ring (bicyclic) bond motifs is 3. The zero-order valence-corrected chi connectivity index (χ0v) is 18.3. The van der Waals surface area contributed by atoms with Gasteiger partial charge in [0.2, 0.25) is 0 Å². The fourth-order valence-corrected chi connectivity index (χ4v) is 5.32. The minimum atomic E-state index is -0.366. The maximum Gasteiger partial charge on any atom is 0.142 e. The van der Waals surface area contributed by atoms with Crippen LogP contribution in [-0.4, -0.2) is 0 Å². The first-order chi connectivity index (χ1) is 14.6. The van der Waals surface area contributed by atoms with Crippen LogP contribution in [0.1, 0.15) is 74.5 Å². The summed E-state index contributed by atoms with van der Waals surface area (Å²) in [5, 5.41) is 1.83. The van der Waals surface area contributed by atoms with Crippen molar-refractivity contribution < 1.29 is 8.78 Å². The van der Waals surface area contributed by atoms with Crippen LogP contribution in [0.3, 0.4) is 0 Å². The quantitative estimate of drug-likeness (QED) is 0.331. The number of aryl methyl sites for hydroxylation is 1. The molecular weight excluding hydrogens is 398 g/mol. The second-order valence-electron chi connectivity index (χ2n) is 8.62. The van der Waals surface area contributed by atoms with E-state index in [1.165, 1.54) is 49.3 Å². The summed E-state index contributed by atoms with van der Waals surface area (Å²) in [5.74, 6) is 0.0438. The van der Waals surface area contributed by atoms with Gasteiger partial charge >= 0.3 is 0 Å². The molecule has 0 radical (unpaired) electrons. The standard InChI is InChI=1S/C27H29ClF2/c1-2-3-4-5-6-8-18-11-13-21-20-9-7-10-25(29)22(20)14-15-23(21)27(18)19-12-16-24(28)26(30)17-19/h7,9-10,12,14-18,27H,2-6,8,11,13H2,1H3/t18-,27-/m1/s1. The summed E-state index contributed by atoms with van der Waals surface area (Å²) in [6, 6.07) is 14.5. The predicted molar refractivity (Wildman–Crippen MR) is 122 cm³/mol. The number of rotatable bonds is 7. The van der Waals surface area contributed by atoms with Gasteiger partial charge in [-0.25, -0.2) is 8.78 Å². The smallest absolute Gasteiger partial charge is 0.142 e. The lowest BCUT2D eigenvalue weighted by Crippen LogP contribution is -2.22. The van der Waals surface area contributed by atoms with Crippen LogP contribution in [0.4, 0.5) is 8.78 Å². The van der Waals surface area contributed by atoms with Gasteiger partial charge in [-0.2, -0.15) is 0 Å². The third-order valence-corrected chi connectivity index (χ3v) is 7.02. The van der Waals surface area contributed by atoms with Crippen molar-refractivity contribution in [2.75, 3.05) is 0 Å². The molecule has 0 unspecified atom stereocenters. The molecule has 0 heterocycles. The number of halogens is 3. The van der Waals surface area contributed by atoms with E-state index in [2.05, 4.69) is 13.0 Å². The van der Waals surface area contributed by atoms with Crippen LogP contribution in [-0.2, 0) is 6.42 Å². The van der Waals surface area contributed by atoms with Crippen LogP contribution in [0.5, 0.6) is 0 Å². The van der Waals surface area contributed by atoms with Gasteiger partial charge < -0.3 is 0 Å². The lowest BCUT2D eigenvalue weighted by atomic mass is 9.69. The Kier molecular flexibility index (Phi) is 6.73. The molecule has 3 aromatic rings. The van der Waals surface area contributed by atoms with E-state index < -0.39 is 0 Å². The SMILES string of the molecule is CCCCCCC[C@@H]1CCc2c(ccc3c(F)cccc23)[C@H]1c1ccc(Cl)c(F)c1. The number of unbranched alkanes of at least 4 members (excludes halogenated alkanes) is 4. The zero-order valence-electron chi connectivity index (χ0n) is 17.6. The molecule has 1 aliphatic rings. The first-order valence-corrected chi connectivity index (χ1v) is 11.6. The molecule has 0 fully saturated rings. The van der Waals surface area contributed by atoms with Crippen LogP contribution in [0.2, 0.25) is 5.02 Å². The van der Waals surface area contributed by atoms with Crippen molar-refractivity contribution in [3.05, 3.63) is 81.9 Å². The largest absolute Gasteiger partial charge is 0.206 e. The van der Waals surface area contributed by atoms with E-state index in [1.54, 1.807) is 18.2 Å². The monoisotopic (exact) mass is 426 g/mol. The maximum atomic E-state index is 14.4. The van der Waals surface area contributed by atoms with Gasteiger partial charge in [0, 0.05) is 11.3 Å². The highest BCUT2D eigenvalue weighted by Crippen LogP contribution is 2.45. The van der Waals surface area contributed by atoms with Crippen molar-refractivity contribution in [2.45, 2.75) is 64.2 Å². The van der Waals surface area contributed by atoms with Crippen molar-refractivity contribution in [1.82, 2.24) is 0 Å². The molecule has 3 heteroatoms. The van der Waals surface area contributed by atoms with Crippen LogP contribution >= 0.6 is 11.6 Å². The topological polar surface area (TPSA) is 0 Å². The normalized spacial score (nSPS) is 18.5. The summed E-state index contributed by atoms with van der Waals surface area (Å²) in [6.07, 6.45) is 9.40. The Morgan fingerprint density at radius 2 is 1.73 bits per heavy atom. The Bertz CT molecular complexity index is 1030. The van der Waals surface area contributed by atoms with Crippen LogP contribution in [0.15, 0.2) is 48.5 Å². The van der Waals surface area contributed by atoms with Gasteiger partial charge in [0.15, 0.2) is 0 Å². The third-order valence-electron chi connectivity index (χ3n) is 6.71. The molecule has 0 amide bonds. The molecule has 0 saturated heterocycles. The van der Waals surface area contributed by atoms with Gasteiger partial charge in [-0.3, -0.25) is 0 Å². The number of hydrogen-bond acceptors (Lipinski definition) is 0. The van der Waals surface area contributed by atoms with E-state index in [4.69, 9.17) is 11.6 Å². The van der Waals surface area contributed by atoms with Gasteiger partial charge in [0.25, 0.3) is 0 Å². The van der Waals surface area contributed by atoms with Gasteiger partial charge in [-0.15, -0.1) is 0 Å². The Balaban J connectivity index is 1.72. The van der Waals surface area contributed by atoms with E-state index in [0.29, 0.717) is 11.3 Å². The van der Waals surface area contributed by atoms with E-state index in [1.807, 2.05) is 18.2 Å². The van der Waals surface area contributed by atoms with Gasteiger partial charge in [0.05, 0.1) is 5.02 Å². The van der Waals surface area contributed by atoms with Crippen LogP contribution in [0.25, 0.3) is 10.8 Å². The van der Waals surface area contributed by atoms with Gasteiger partial charge in [0.1, 0.15) is 11.6 Å². The fourth-order valence-electron chi connectivity index (χ4n) is 5.20. The molecule has 0 saturated carbocycles. The molecule has 0 N–H and O–H groups in total. The minimum Gasteiger partial charge on any atom is -0.206 e. The van der Waals surface area contributed by atoms with Gasteiger partial charge in [-0.05, 0) is 65.5 Å². The molecule has 0 bridgehead atoms. The Hall–Kier alpha value is -1.93. The molecule has 0 spiro atoms. The van der Waals surface area contributed by atoms with E-state index >= 15 is 0 Å². The Morgan fingerprint density at radius 1 is 0.900 bits per heavy atom. The molecule has 0 nitrogen and oxygen atoms in total. The first kappa shape index (κ1) is 21.3. The van der Waals surface area contributed by atoms with Crippen molar-refractivity contribution in [1.29, 1.82) is 0 Å². The lowest BCUT2D eigenvalue weighted by Gasteiger charge is -2.35. The molecule has 4 rings (SSSR count). The second kappa shape index (κ2) is 9.47. The summed E-state index contributed by atoms with van der Waals surface area (Å²) in [5.41, 5.74) is 3.42. The molecule has 30 heavy (non-hydrogen) atoms. The molecule has 0 aliphatic heterocycles. The third kappa shape index (κ3) is 4.25. The van der Waals surface area contributed by atoms with E-state index in [0.717, 1.165) is 30.2 Å². The maximum absolute atomic E-state index is 14.4. The second-order valence-corrected chi connectivity index (χ2v) is 9.03. The fraction of sp³-hybridized carbons (Fsp3) is 0.407. The Labute approximate surface area is 183 Å². The highest BCUT2D eigenvalue weighted by molar-refractivity contribution is 6.30. The summed E-state index contributed by atoms with van der Waals surface area (Å²) in [6.45, 7) is 2.23.